The maximum absolute atomic E-state index is 12.8. The van der Waals surface area contributed by atoms with Gasteiger partial charge in [0, 0.05) is 22.0 Å². The summed E-state index contributed by atoms with van der Waals surface area (Å²) in [5, 5.41) is 0. The summed E-state index contributed by atoms with van der Waals surface area (Å²) in [6, 6.07) is 3.30. The highest BCUT2D eigenvalue weighted by molar-refractivity contribution is 9.11. The highest BCUT2D eigenvalue weighted by atomic mass is 79.9. The molecule has 0 aromatic heterocycles. The van der Waals surface area contributed by atoms with Gasteiger partial charge in [0.15, 0.2) is 0 Å². The Bertz CT molecular complexity index is 553. The lowest BCUT2D eigenvalue weighted by Gasteiger charge is -2.24. The smallest absolute Gasteiger partial charge is 0.246 e. The zero-order chi connectivity index (χ0) is 15.5. The first-order valence-corrected chi connectivity index (χ1v) is 9.51. The molecule has 20 heavy (non-hydrogen) atoms. The largest absolute Gasteiger partial charge is 0.398 e. The predicted molar refractivity (Wildman–Crippen MR) is 90.1 cm³/mol. The standard InChI is InChI=1S/C13H20Br2N2O2S/c1-4-9(3)8-17(5-2)20(18,19)13-11(15)6-10(14)7-12(13)16/h6-7,9H,4-5,8,16H2,1-3H3. The van der Waals surface area contributed by atoms with Gasteiger partial charge in [0.25, 0.3) is 0 Å². The van der Waals surface area contributed by atoms with E-state index < -0.39 is 10.0 Å². The fraction of sp³-hybridized carbons (Fsp3) is 0.538. The summed E-state index contributed by atoms with van der Waals surface area (Å²) in [7, 11) is -3.59. The van der Waals surface area contributed by atoms with Crippen LogP contribution >= 0.6 is 31.9 Å². The maximum atomic E-state index is 12.8. The van der Waals surface area contributed by atoms with E-state index in [1.807, 2.05) is 13.8 Å². The number of sulfonamides is 1. The summed E-state index contributed by atoms with van der Waals surface area (Å²) in [5.41, 5.74) is 6.14. The van der Waals surface area contributed by atoms with Crippen molar-refractivity contribution in [1.82, 2.24) is 4.31 Å². The molecule has 0 fully saturated rings. The van der Waals surface area contributed by atoms with E-state index in [2.05, 4.69) is 38.8 Å². The Morgan fingerprint density at radius 1 is 1.30 bits per heavy atom. The van der Waals surface area contributed by atoms with Crippen molar-refractivity contribution in [2.75, 3.05) is 18.8 Å². The number of benzene rings is 1. The van der Waals surface area contributed by atoms with Crippen LogP contribution < -0.4 is 5.73 Å². The van der Waals surface area contributed by atoms with Gasteiger partial charge in [0.1, 0.15) is 4.90 Å². The Hall–Kier alpha value is -0.110. The van der Waals surface area contributed by atoms with Gasteiger partial charge in [0.2, 0.25) is 10.0 Å². The summed E-state index contributed by atoms with van der Waals surface area (Å²) < 4.78 is 28.2. The van der Waals surface area contributed by atoms with Gasteiger partial charge >= 0.3 is 0 Å². The minimum atomic E-state index is -3.59. The molecule has 0 spiro atoms. The zero-order valence-electron chi connectivity index (χ0n) is 11.9. The molecule has 0 bridgehead atoms. The van der Waals surface area contributed by atoms with E-state index in [4.69, 9.17) is 5.73 Å². The number of nitrogen functional groups attached to an aromatic ring is 1. The van der Waals surface area contributed by atoms with Gasteiger partial charge in [0.05, 0.1) is 5.69 Å². The van der Waals surface area contributed by atoms with E-state index in [1.54, 1.807) is 12.1 Å². The third-order valence-corrected chi connectivity index (χ3v) is 6.60. The van der Waals surface area contributed by atoms with Gasteiger partial charge in [-0.05, 0) is 34.0 Å². The molecule has 0 saturated heterocycles. The van der Waals surface area contributed by atoms with Crippen LogP contribution in [0.25, 0.3) is 0 Å². The molecule has 0 amide bonds. The average molecular weight is 428 g/mol. The molecule has 1 atom stereocenters. The molecule has 0 radical (unpaired) electrons. The van der Waals surface area contributed by atoms with Crippen molar-refractivity contribution in [2.24, 2.45) is 5.92 Å². The van der Waals surface area contributed by atoms with Crippen molar-refractivity contribution in [3.8, 4) is 0 Å². The highest BCUT2D eigenvalue weighted by Gasteiger charge is 2.28. The SMILES string of the molecule is CCC(C)CN(CC)S(=O)(=O)c1c(N)cc(Br)cc1Br. The molecule has 1 rings (SSSR count). The topological polar surface area (TPSA) is 63.4 Å². The van der Waals surface area contributed by atoms with Crippen LogP contribution in [0.5, 0.6) is 0 Å². The number of nitrogens with zero attached hydrogens (tertiary/aromatic N) is 1. The number of anilines is 1. The third kappa shape index (κ3) is 3.96. The molecular weight excluding hydrogens is 408 g/mol. The number of hydrogen-bond acceptors (Lipinski definition) is 3. The first-order chi connectivity index (χ1) is 9.23. The van der Waals surface area contributed by atoms with E-state index in [0.717, 1.165) is 10.9 Å². The van der Waals surface area contributed by atoms with Crippen molar-refractivity contribution in [3.05, 3.63) is 21.1 Å². The molecule has 1 aromatic carbocycles. The molecule has 114 valence electrons. The average Bonchev–Trinajstić information content (AvgIpc) is 2.33. The summed E-state index contributed by atoms with van der Waals surface area (Å²) in [4.78, 5) is 0.144. The Kier molecular flexibility index (Phi) is 6.50. The van der Waals surface area contributed by atoms with Gasteiger partial charge < -0.3 is 5.73 Å². The summed E-state index contributed by atoms with van der Waals surface area (Å²) in [5.74, 6) is 0.306. The Morgan fingerprint density at radius 3 is 2.35 bits per heavy atom. The Balaban J connectivity index is 3.28. The number of halogens is 2. The molecule has 2 N–H and O–H groups in total. The van der Waals surface area contributed by atoms with Gasteiger partial charge in [-0.25, -0.2) is 8.42 Å². The molecule has 0 aliphatic heterocycles. The van der Waals surface area contributed by atoms with E-state index in [0.29, 0.717) is 23.5 Å². The van der Waals surface area contributed by atoms with E-state index >= 15 is 0 Å². The van der Waals surface area contributed by atoms with Crippen LogP contribution in [0.2, 0.25) is 0 Å². The summed E-state index contributed by atoms with van der Waals surface area (Å²) in [6.45, 7) is 6.85. The lowest BCUT2D eigenvalue weighted by Crippen LogP contribution is -2.35. The quantitative estimate of drug-likeness (QED) is 0.701. The Morgan fingerprint density at radius 2 is 1.90 bits per heavy atom. The van der Waals surface area contributed by atoms with Gasteiger partial charge in [-0.3, -0.25) is 0 Å². The van der Waals surface area contributed by atoms with Gasteiger partial charge in [-0.15, -0.1) is 0 Å². The highest BCUT2D eigenvalue weighted by Crippen LogP contribution is 2.33. The third-order valence-electron chi connectivity index (χ3n) is 3.20. The van der Waals surface area contributed by atoms with Crippen LogP contribution in [0.15, 0.2) is 26.0 Å². The van der Waals surface area contributed by atoms with Crippen LogP contribution in [0.3, 0.4) is 0 Å². The van der Waals surface area contributed by atoms with Crippen molar-refractivity contribution < 1.29 is 8.42 Å². The lowest BCUT2D eigenvalue weighted by atomic mass is 10.1. The normalized spacial score (nSPS) is 13.7. The van der Waals surface area contributed by atoms with Crippen LogP contribution in [-0.2, 0) is 10.0 Å². The number of nitrogens with two attached hydrogens (primary N) is 1. The molecule has 0 aliphatic carbocycles. The first kappa shape index (κ1) is 17.9. The minimum absolute atomic E-state index is 0.144. The second kappa shape index (κ2) is 7.24. The monoisotopic (exact) mass is 426 g/mol. The van der Waals surface area contributed by atoms with Gasteiger partial charge in [-0.2, -0.15) is 4.31 Å². The van der Waals surface area contributed by atoms with Crippen molar-refractivity contribution in [3.63, 3.8) is 0 Å². The van der Waals surface area contributed by atoms with E-state index in [-0.39, 0.29) is 10.6 Å². The second-order valence-electron chi connectivity index (χ2n) is 4.78. The first-order valence-electron chi connectivity index (χ1n) is 6.48. The maximum Gasteiger partial charge on any atom is 0.246 e. The summed E-state index contributed by atoms with van der Waals surface area (Å²) >= 11 is 6.60. The number of hydrogen-bond donors (Lipinski definition) is 1. The van der Waals surface area contributed by atoms with Crippen molar-refractivity contribution in [2.45, 2.75) is 32.1 Å². The van der Waals surface area contributed by atoms with E-state index in [1.165, 1.54) is 4.31 Å². The summed E-state index contributed by atoms with van der Waals surface area (Å²) in [6.07, 6.45) is 0.934. The molecule has 7 heteroatoms. The molecule has 1 aromatic rings. The second-order valence-corrected chi connectivity index (χ2v) is 8.42. The lowest BCUT2D eigenvalue weighted by molar-refractivity contribution is 0.361. The van der Waals surface area contributed by atoms with Crippen molar-refractivity contribution >= 4 is 47.6 Å². The van der Waals surface area contributed by atoms with E-state index in [9.17, 15) is 8.42 Å². The minimum Gasteiger partial charge on any atom is -0.398 e. The van der Waals surface area contributed by atoms with Crippen LogP contribution in [0, 0.1) is 5.92 Å². The van der Waals surface area contributed by atoms with Crippen molar-refractivity contribution in [1.29, 1.82) is 0 Å². The fourth-order valence-corrected chi connectivity index (χ4v) is 5.44. The molecule has 0 heterocycles. The fourth-order valence-electron chi connectivity index (χ4n) is 1.86. The molecule has 1 unspecified atom stereocenters. The predicted octanol–water partition coefficient (Wildman–Crippen LogP) is 3.85. The molecule has 0 saturated carbocycles. The zero-order valence-corrected chi connectivity index (χ0v) is 15.8. The molecule has 4 nitrogen and oxygen atoms in total. The Labute approximate surface area is 138 Å². The van der Waals surface area contributed by atoms with Gasteiger partial charge in [-0.1, -0.05) is 43.1 Å². The molecular formula is C13H20Br2N2O2S. The molecule has 0 aliphatic rings. The van der Waals surface area contributed by atoms with Crippen LogP contribution in [0.1, 0.15) is 27.2 Å². The van der Waals surface area contributed by atoms with Crippen LogP contribution in [0.4, 0.5) is 5.69 Å². The number of rotatable bonds is 6. The van der Waals surface area contributed by atoms with Crippen LogP contribution in [-0.4, -0.2) is 25.8 Å².